The predicted molar refractivity (Wildman–Crippen MR) is 86.9 cm³/mol. The molecule has 21 heavy (non-hydrogen) atoms. The SMILES string of the molecule is O=C(c1ccnc(Br)c1)N1CC=C(c2ccccc2)CC1. The number of aromatic nitrogens is 1. The number of halogens is 1. The Morgan fingerprint density at radius 2 is 2.00 bits per heavy atom. The maximum Gasteiger partial charge on any atom is 0.254 e. The molecule has 1 aliphatic rings. The molecule has 0 fully saturated rings. The molecule has 1 aliphatic heterocycles. The molecular weight excluding hydrogens is 328 g/mol. The number of carbonyl (C=O) groups excluding carboxylic acids is 1. The number of amides is 1. The van der Waals surface area contributed by atoms with Crippen molar-refractivity contribution in [3.05, 3.63) is 70.5 Å². The first-order valence-corrected chi connectivity index (χ1v) is 7.68. The summed E-state index contributed by atoms with van der Waals surface area (Å²) in [6, 6.07) is 13.9. The van der Waals surface area contributed by atoms with Crippen molar-refractivity contribution in [1.29, 1.82) is 0 Å². The molecule has 1 aromatic carbocycles. The minimum Gasteiger partial charge on any atom is -0.335 e. The van der Waals surface area contributed by atoms with Crippen molar-refractivity contribution in [2.75, 3.05) is 13.1 Å². The third-order valence-corrected chi connectivity index (χ3v) is 4.05. The Morgan fingerprint density at radius 3 is 2.67 bits per heavy atom. The fraction of sp³-hybridized carbons (Fsp3) is 0.176. The van der Waals surface area contributed by atoms with E-state index in [2.05, 4.69) is 39.1 Å². The lowest BCUT2D eigenvalue weighted by Crippen LogP contribution is -2.34. The van der Waals surface area contributed by atoms with Crippen LogP contribution in [0, 0.1) is 0 Å². The van der Waals surface area contributed by atoms with Crippen LogP contribution in [-0.2, 0) is 0 Å². The molecule has 0 atom stereocenters. The lowest BCUT2D eigenvalue weighted by atomic mass is 9.99. The van der Waals surface area contributed by atoms with Gasteiger partial charge >= 0.3 is 0 Å². The van der Waals surface area contributed by atoms with Crippen molar-refractivity contribution < 1.29 is 4.79 Å². The molecule has 1 aromatic heterocycles. The second kappa shape index (κ2) is 6.22. The number of nitrogens with zero attached hydrogens (tertiary/aromatic N) is 2. The molecule has 0 radical (unpaired) electrons. The molecule has 1 amide bonds. The predicted octanol–water partition coefficient (Wildman–Crippen LogP) is 3.77. The van der Waals surface area contributed by atoms with E-state index in [1.165, 1.54) is 11.1 Å². The van der Waals surface area contributed by atoms with Crippen molar-refractivity contribution in [3.8, 4) is 0 Å². The molecule has 0 N–H and O–H groups in total. The minimum atomic E-state index is 0.0569. The molecule has 0 bridgehead atoms. The quantitative estimate of drug-likeness (QED) is 0.778. The van der Waals surface area contributed by atoms with Crippen molar-refractivity contribution >= 4 is 27.4 Å². The Bertz CT molecular complexity index is 682. The molecule has 0 saturated carbocycles. The number of hydrogen-bond donors (Lipinski definition) is 0. The highest BCUT2D eigenvalue weighted by atomic mass is 79.9. The summed E-state index contributed by atoms with van der Waals surface area (Å²) in [7, 11) is 0. The van der Waals surface area contributed by atoms with E-state index < -0.39 is 0 Å². The normalized spacial score (nSPS) is 14.7. The summed E-state index contributed by atoms with van der Waals surface area (Å²) in [6.45, 7) is 1.41. The first-order valence-electron chi connectivity index (χ1n) is 6.89. The minimum absolute atomic E-state index is 0.0569. The van der Waals surface area contributed by atoms with E-state index in [1.54, 1.807) is 18.3 Å². The van der Waals surface area contributed by atoms with Crippen LogP contribution in [0.3, 0.4) is 0 Å². The molecule has 2 aromatic rings. The van der Waals surface area contributed by atoms with Gasteiger partial charge in [-0.3, -0.25) is 4.79 Å². The van der Waals surface area contributed by atoms with Crippen LogP contribution in [0.5, 0.6) is 0 Å². The molecule has 4 heteroatoms. The largest absolute Gasteiger partial charge is 0.335 e. The standard InChI is InChI=1S/C17H15BrN2O/c18-16-12-15(6-9-19-16)17(21)20-10-7-14(8-11-20)13-4-2-1-3-5-13/h1-7,9,12H,8,10-11H2. The van der Waals surface area contributed by atoms with Gasteiger partial charge in [-0.1, -0.05) is 36.4 Å². The average Bonchev–Trinajstić information content (AvgIpc) is 2.55. The number of rotatable bonds is 2. The highest BCUT2D eigenvalue weighted by Crippen LogP contribution is 2.23. The summed E-state index contributed by atoms with van der Waals surface area (Å²) >= 11 is 3.30. The van der Waals surface area contributed by atoms with Gasteiger partial charge in [0.05, 0.1) is 0 Å². The number of carbonyl (C=O) groups is 1. The molecule has 0 saturated heterocycles. The summed E-state index contributed by atoms with van der Waals surface area (Å²) in [5, 5.41) is 0. The maximum atomic E-state index is 12.4. The van der Waals surface area contributed by atoms with E-state index in [1.807, 2.05) is 23.1 Å². The van der Waals surface area contributed by atoms with E-state index in [0.29, 0.717) is 16.7 Å². The number of hydrogen-bond acceptors (Lipinski definition) is 2. The first kappa shape index (κ1) is 14.0. The van der Waals surface area contributed by atoms with Gasteiger partial charge in [0, 0.05) is 24.8 Å². The Morgan fingerprint density at radius 1 is 1.19 bits per heavy atom. The number of benzene rings is 1. The third kappa shape index (κ3) is 3.22. The second-order valence-corrected chi connectivity index (χ2v) is 5.78. The lowest BCUT2D eigenvalue weighted by molar-refractivity contribution is 0.0772. The van der Waals surface area contributed by atoms with E-state index in [4.69, 9.17) is 0 Å². The molecule has 0 aliphatic carbocycles. The summed E-state index contributed by atoms with van der Waals surface area (Å²) < 4.78 is 0.686. The van der Waals surface area contributed by atoms with Crippen LogP contribution in [0.15, 0.2) is 59.3 Å². The first-order chi connectivity index (χ1) is 10.2. The zero-order valence-corrected chi connectivity index (χ0v) is 13.1. The topological polar surface area (TPSA) is 33.2 Å². The van der Waals surface area contributed by atoms with Crippen LogP contribution in [-0.4, -0.2) is 28.9 Å². The zero-order chi connectivity index (χ0) is 14.7. The molecule has 0 unspecified atom stereocenters. The van der Waals surface area contributed by atoms with E-state index in [-0.39, 0.29) is 5.91 Å². The second-order valence-electron chi connectivity index (χ2n) is 4.96. The zero-order valence-electron chi connectivity index (χ0n) is 11.5. The highest BCUT2D eigenvalue weighted by Gasteiger charge is 2.19. The fourth-order valence-corrected chi connectivity index (χ4v) is 2.85. The van der Waals surface area contributed by atoms with E-state index in [9.17, 15) is 4.79 Å². The summed E-state index contributed by atoms with van der Waals surface area (Å²) in [6.07, 6.45) is 4.68. The van der Waals surface area contributed by atoms with Crippen LogP contribution >= 0.6 is 15.9 Å². The Labute approximate surface area is 132 Å². The van der Waals surface area contributed by atoms with Gasteiger partial charge in [-0.15, -0.1) is 0 Å². The van der Waals surface area contributed by atoms with Crippen molar-refractivity contribution in [3.63, 3.8) is 0 Å². The van der Waals surface area contributed by atoms with Gasteiger partial charge in [-0.05, 0) is 45.6 Å². The van der Waals surface area contributed by atoms with Gasteiger partial charge in [0.1, 0.15) is 4.60 Å². The summed E-state index contributed by atoms with van der Waals surface area (Å²) in [5.41, 5.74) is 3.24. The van der Waals surface area contributed by atoms with Crippen LogP contribution in [0.2, 0.25) is 0 Å². The van der Waals surface area contributed by atoms with Crippen LogP contribution in [0.25, 0.3) is 5.57 Å². The van der Waals surface area contributed by atoms with Gasteiger partial charge in [0.2, 0.25) is 0 Å². The van der Waals surface area contributed by atoms with Crippen molar-refractivity contribution in [2.24, 2.45) is 0 Å². The van der Waals surface area contributed by atoms with Crippen LogP contribution in [0.4, 0.5) is 0 Å². The number of pyridine rings is 1. The molecular formula is C17H15BrN2O. The summed E-state index contributed by atoms with van der Waals surface area (Å²) in [5.74, 6) is 0.0569. The van der Waals surface area contributed by atoms with E-state index >= 15 is 0 Å². The average molecular weight is 343 g/mol. The van der Waals surface area contributed by atoms with Crippen molar-refractivity contribution in [2.45, 2.75) is 6.42 Å². The fourth-order valence-electron chi connectivity index (χ4n) is 2.49. The van der Waals surface area contributed by atoms with Gasteiger partial charge < -0.3 is 4.90 Å². The summed E-state index contributed by atoms with van der Waals surface area (Å²) in [4.78, 5) is 18.4. The monoisotopic (exact) mass is 342 g/mol. The van der Waals surface area contributed by atoms with Gasteiger partial charge in [0.25, 0.3) is 5.91 Å². The smallest absolute Gasteiger partial charge is 0.254 e. The third-order valence-electron chi connectivity index (χ3n) is 3.61. The molecule has 2 heterocycles. The lowest BCUT2D eigenvalue weighted by Gasteiger charge is -2.26. The molecule has 106 valence electrons. The van der Waals surface area contributed by atoms with E-state index in [0.717, 1.165) is 13.0 Å². The molecule has 3 nitrogen and oxygen atoms in total. The van der Waals surface area contributed by atoms with Crippen LogP contribution < -0.4 is 0 Å². The Hall–Kier alpha value is -1.94. The maximum absolute atomic E-state index is 12.4. The van der Waals surface area contributed by atoms with Gasteiger partial charge in [0.15, 0.2) is 0 Å². The molecule has 3 rings (SSSR count). The molecule has 0 spiro atoms. The van der Waals surface area contributed by atoms with Gasteiger partial charge in [-0.2, -0.15) is 0 Å². The van der Waals surface area contributed by atoms with Crippen molar-refractivity contribution in [1.82, 2.24) is 9.88 Å². The van der Waals surface area contributed by atoms with Gasteiger partial charge in [-0.25, -0.2) is 4.98 Å². The Kier molecular flexibility index (Phi) is 4.15. The van der Waals surface area contributed by atoms with Crippen LogP contribution in [0.1, 0.15) is 22.3 Å². The Balaban J connectivity index is 1.73. The highest BCUT2D eigenvalue weighted by molar-refractivity contribution is 9.10.